The number of nitrogens with one attached hydrogen (secondary N) is 2. The fraction of sp³-hybridized carbons (Fsp3) is 0.0385. The van der Waals surface area contributed by atoms with Gasteiger partial charge in [0.25, 0.3) is 0 Å². The van der Waals surface area contributed by atoms with Gasteiger partial charge in [0.05, 0.1) is 34.0 Å². The van der Waals surface area contributed by atoms with E-state index in [0.29, 0.717) is 0 Å². The van der Waals surface area contributed by atoms with Crippen LogP contribution in [0.2, 0.25) is 0 Å². The topological polar surface area (TPSA) is 70.2 Å². The molecular weight excluding hydrogens is 437 g/mol. The van der Waals surface area contributed by atoms with Gasteiger partial charge in [0.2, 0.25) is 0 Å². The van der Waals surface area contributed by atoms with Crippen molar-refractivity contribution in [2.45, 2.75) is 6.92 Å². The Labute approximate surface area is 195 Å². The van der Waals surface area contributed by atoms with Gasteiger partial charge in [0.1, 0.15) is 0 Å². The Kier molecular flexibility index (Phi) is 5.10. The van der Waals surface area contributed by atoms with Crippen LogP contribution in [0.4, 0.5) is 0 Å². The van der Waals surface area contributed by atoms with Crippen LogP contribution >= 0.6 is 0 Å². The molecule has 5 nitrogen and oxygen atoms in total. The smallest absolute Gasteiger partial charge is 0.0726 e. The number of fused-ring (bicyclic) bond motifs is 8. The number of aromatic amines is 2. The number of hydrogen-bond donors (Lipinski definition) is 2. The van der Waals surface area contributed by atoms with E-state index in [1.165, 1.54) is 0 Å². The number of hydrogen-bond acceptors (Lipinski definition) is 3. The van der Waals surface area contributed by atoms with E-state index in [9.17, 15) is 0 Å². The molecule has 2 N–H and O–H groups in total. The number of nitrogens with zero attached hydrogens (tertiary/aromatic N) is 3. The molecule has 0 fully saturated rings. The maximum Gasteiger partial charge on any atom is 0.0726 e. The van der Waals surface area contributed by atoms with Crippen molar-refractivity contribution in [2.24, 2.45) is 0 Å². The van der Waals surface area contributed by atoms with Gasteiger partial charge in [-0.3, -0.25) is 4.98 Å². The summed E-state index contributed by atoms with van der Waals surface area (Å²) in [5, 5.41) is 0. The summed E-state index contributed by atoms with van der Waals surface area (Å²) in [6, 6.07) is 18.3. The summed E-state index contributed by atoms with van der Waals surface area (Å²) in [4.78, 5) is 21.1. The van der Waals surface area contributed by atoms with Gasteiger partial charge >= 0.3 is 0 Å². The molecule has 0 amide bonds. The Balaban J connectivity index is 0.00000216. The first-order chi connectivity index (χ1) is 15.2. The Morgan fingerprint density at radius 1 is 0.656 bits per heavy atom. The first-order valence-electron chi connectivity index (χ1n) is 10.2. The molecule has 6 rings (SSSR count). The van der Waals surface area contributed by atoms with Crippen LogP contribution in [-0.4, -0.2) is 24.9 Å². The molecule has 0 aromatic carbocycles. The largest absolute Gasteiger partial charge is 0.355 e. The van der Waals surface area contributed by atoms with Gasteiger partial charge in [-0.25, -0.2) is 9.97 Å². The second-order valence-electron chi connectivity index (χ2n) is 7.70. The molecule has 0 aliphatic carbocycles. The zero-order valence-electron chi connectivity index (χ0n) is 17.3. The minimum atomic E-state index is 0. The minimum absolute atomic E-state index is 0. The molecule has 6 heterocycles. The Morgan fingerprint density at radius 3 is 1.84 bits per heavy atom. The number of pyridine rings is 1. The van der Waals surface area contributed by atoms with Crippen LogP contribution in [0.25, 0.3) is 57.6 Å². The summed E-state index contributed by atoms with van der Waals surface area (Å²) >= 11 is 0. The van der Waals surface area contributed by atoms with Crippen LogP contribution in [0.3, 0.4) is 0 Å². The summed E-state index contributed by atoms with van der Waals surface area (Å²) in [5.74, 6) is 0. The van der Waals surface area contributed by atoms with E-state index in [0.717, 1.165) is 61.7 Å². The summed E-state index contributed by atoms with van der Waals surface area (Å²) in [7, 11) is 0. The maximum atomic E-state index is 4.78. The Hall–Kier alpha value is -3.73. The summed E-state index contributed by atoms with van der Waals surface area (Å²) in [5.41, 5.74) is 10.8. The van der Waals surface area contributed by atoms with E-state index in [1.54, 1.807) is 0 Å². The van der Waals surface area contributed by atoms with E-state index >= 15 is 0 Å². The Bertz CT molecular complexity index is 1540. The van der Waals surface area contributed by atoms with Gasteiger partial charge in [-0.05, 0) is 85.3 Å². The third-order valence-corrected chi connectivity index (χ3v) is 5.53. The standard InChI is InChI=1S/C26H19N5.Mn/c1-16-24-14-21-9-7-19(29-21)12-17-5-6-18(28-17)13-20-8-10-22(30-20)15-25(31-24)26(16)23-4-2-3-11-27-23;/h2-15,28,31H,1H3;. The predicted molar refractivity (Wildman–Crippen MR) is 127 cm³/mol. The molecule has 1 radical (unpaired) electrons. The van der Waals surface area contributed by atoms with Gasteiger partial charge in [-0.1, -0.05) is 6.07 Å². The average Bonchev–Trinajstić information content (AvgIpc) is 3.55. The molecule has 8 bridgehead atoms. The molecule has 2 aliphatic rings. The van der Waals surface area contributed by atoms with E-state index < -0.39 is 0 Å². The van der Waals surface area contributed by atoms with Crippen LogP contribution < -0.4 is 0 Å². The van der Waals surface area contributed by atoms with Crippen molar-refractivity contribution in [2.75, 3.05) is 0 Å². The third kappa shape index (κ3) is 3.71. The average molecular weight is 456 g/mol. The van der Waals surface area contributed by atoms with Gasteiger partial charge in [-0.2, -0.15) is 0 Å². The molecule has 32 heavy (non-hydrogen) atoms. The van der Waals surface area contributed by atoms with Crippen molar-refractivity contribution >= 4 is 46.4 Å². The molecule has 0 spiro atoms. The molecule has 6 heteroatoms. The molecular formula is C26H19MnN5. The number of rotatable bonds is 1. The Morgan fingerprint density at radius 2 is 1.25 bits per heavy atom. The molecule has 0 unspecified atom stereocenters. The van der Waals surface area contributed by atoms with Gasteiger partial charge in [0.15, 0.2) is 0 Å². The van der Waals surface area contributed by atoms with E-state index in [1.807, 2.05) is 60.8 Å². The molecule has 0 saturated heterocycles. The van der Waals surface area contributed by atoms with Gasteiger partial charge in [0, 0.05) is 45.4 Å². The van der Waals surface area contributed by atoms with Crippen LogP contribution in [0.15, 0.2) is 60.8 Å². The number of aromatic nitrogens is 5. The minimum Gasteiger partial charge on any atom is -0.355 e. The summed E-state index contributed by atoms with van der Waals surface area (Å²) in [6.07, 6.45) is 9.95. The maximum absolute atomic E-state index is 4.78. The fourth-order valence-corrected chi connectivity index (χ4v) is 4.05. The zero-order chi connectivity index (χ0) is 20.8. The first kappa shape index (κ1) is 20.2. The summed E-state index contributed by atoms with van der Waals surface area (Å²) in [6.45, 7) is 2.12. The molecule has 0 saturated carbocycles. The second-order valence-corrected chi connectivity index (χ2v) is 7.70. The first-order valence-corrected chi connectivity index (χ1v) is 10.2. The zero-order valence-corrected chi connectivity index (χ0v) is 18.5. The molecule has 4 aromatic heterocycles. The van der Waals surface area contributed by atoms with Crippen molar-refractivity contribution in [1.82, 2.24) is 24.9 Å². The monoisotopic (exact) mass is 456 g/mol. The van der Waals surface area contributed by atoms with Crippen LogP contribution in [0, 0.1) is 6.92 Å². The normalized spacial score (nSPS) is 12.0. The third-order valence-electron chi connectivity index (χ3n) is 5.53. The molecule has 2 aliphatic heterocycles. The number of aryl methyl sites for hydroxylation is 1. The predicted octanol–water partition coefficient (Wildman–Crippen LogP) is 6.02. The van der Waals surface area contributed by atoms with Crippen molar-refractivity contribution in [1.29, 1.82) is 0 Å². The number of H-pyrrole nitrogens is 2. The summed E-state index contributed by atoms with van der Waals surface area (Å²) < 4.78 is 0. The molecule has 155 valence electrons. The van der Waals surface area contributed by atoms with Crippen molar-refractivity contribution in [3.8, 4) is 11.3 Å². The molecule has 0 atom stereocenters. The fourth-order valence-electron chi connectivity index (χ4n) is 4.05. The van der Waals surface area contributed by atoms with Crippen molar-refractivity contribution in [3.63, 3.8) is 0 Å². The van der Waals surface area contributed by atoms with Crippen LogP contribution in [0.1, 0.15) is 28.3 Å². The van der Waals surface area contributed by atoms with Gasteiger partial charge < -0.3 is 9.97 Å². The van der Waals surface area contributed by atoms with Crippen LogP contribution in [0.5, 0.6) is 0 Å². The van der Waals surface area contributed by atoms with Crippen molar-refractivity contribution in [3.05, 3.63) is 89.1 Å². The van der Waals surface area contributed by atoms with Crippen LogP contribution in [-0.2, 0) is 17.1 Å². The van der Waals surface area contributed by atoms with Gasteiger partial charge in [-0.15, -0.1) is 0 Å². The van der Waals surface area contributed by atoms with E-state index in [4.69, 9.17) is 9.97 Å². The SMILES string of the molecule is Cc1c(-c2ccccn2)c2cc3nc(cc4ccc(cc5nc(cc1[nH]2)C=C5)[nH]4)C=C3.[Mn]. The van der Waals surface area contributed by atoms with Crippen molar-refractivity contribution < 1.29 is 17.1 Å². The quantitative estimate of drug-likeness (QED) is 0.297. The van der Waals surface area contributed by atoms with E-state index in [2.05, 4.69) is 46.1 Å². The molecule has 4 aromatic rings. The second kappa shape index (κ2) is 8.08. The van der Waals surface area contributed by atoms with E-state index in [-0.39, 0.29) is 17.1 Å².